The quantitative estimate of drug-likeness (QED) is 0.376. The molecular formula is C4H10NOP. The van der Waals surface area contributed by atoms with Crippen LogP contribution >= 0.6 is 7.29 Å². The first-order valence-corrected chi connectivity index (χ1v) is 4.96. The fraction of sp³-hybridized carbons (Fsp3) is 1.00. The molecule has 1 aliphatic heterocycles. The number of hydrogen-bond acceptors (Lipinski definition) is 1. The highest BCUT2D eigenvalue weighted by Crippen LogP contribution is 2.45. The summed E-state index contributed by atoms with van der Waals surface area (Å²) in [7, 11) is -1.79. The second kappa shape index (κ2) is 1.33. The normalized spacial score (nSPS) is 22.6. The molecule has 0 amide bonds. The van der Waals surface area contributed by atoms with Crippen LogP contribution in [0.15, 0.2) is 0 Å². The second-order valence-electron chi connectivity index (χ2n) is 2.25. The van der Waals surface area contributed by atoms with Crippen LogP contribution in [0, 0.1) is 0 Å². The SMILES string of the molecule is CP(C)(=O)N1CC1. The topological polar surface area (TPSA) is 20.1 Å². The molecule has 2 nitrogen and oxygen atoms in total. The Bertz CT molecular complexity index is 113. The van der Waals surface area contributed by atoms with Crippen LogP contribution in [-0.2, 0) is 4.57 Å². The van der Waals surface area contributed by atoms with Crippen LogP contribution in [0.2, 0.25) is 0 Å². The minimum atomic E-state index is -1.79. The molecule has 3 heteroatoms. The molecule has 1 rings (SSSR count). The molecule has 0 spiro atoms. The third-order valence-corrected chi connectivity index (χ3v) is 2.87. The van der Waals surface area contributed by atoms with E-state index in [1.54, 1.807) is 13.3 Å². The predicted molar refractivity (Wildman–Crippen MR) is 31.0 cm³/mol. The van der Waals surface area contributed by atoms with Crippen molar-refractivity contribution in [1.29, 1.82) is 0 Å². The molecule has 0 aromatic heterocycles. The van der Waals surface area contributed by atoms with Crippen LogP contribution in [0.1, 0.15) is 0 Å². The van der Waals surface area contributed by atoms with Gasteiger partial charge in [-0.2, -0.15) is 0 Å². The van der Waals surface area contributed by atoms with Gasteiger partial charge in [0.25, 0.3) is 0 Å². The summed E-state index contributed by atoms with van der Waals surface area (Å²) in [5.74, 6) is 0. The first-order chi connectivity index (χ1) is 3.11. The van der Waals surface area contributed by atoms with Crippen LogP contribution in [0.3, 0.4) is 0 Å². The van der Waals surface area contributed by atoms with Crippen molar-refractivity contribution in [1.82, 2.24) is 4.67 Å². The van der Waals surface area contributed by atoms with Gasteiger partial charge in [0.15, 0.2) is 0 Å². The van der Waals surface area contributed by atoms with Gasteiger partial charge in [0.2, 0.25) is 0 Å². The van der Waals surface area contributed by atoms with Gasteiger partial charge in [0.1, 0.15) is 7.29 Å². The number of nitrogens with zero attached hydrogens (tertiary/aromatic N) is 1. The smallest absolute Gasteiger partial charge is 0.144 e. The predicted octanol–water partition coefficient (Wildman–Crippen LogP) is 0.840. The Morgan fingerprint density at radius 2 is 1.86 bits per heavy atom. The van der Waals surface area contributed by atoms with Crippen LogP contribution in [0.5, 0.6) is 0 Å². The Kier molecular flexibility index (Phi) is 1.01. The molecule has 0 unspecified atom stereocenters. The van der Waals surface area contributed by atoms with Crippen molar-refractivity contribution in [3.63, 3.8) is 0 Å². The minimum absolute atomic E-state index is 1.05. The molecule has 0 bridgehead atoms. The third-order valence-electron chi connectivity index (χ3n) is 1.10. The summed E-state index contributed by atoms with van der Waals surface area (Å²) < 4.78 is 12.9. The van der Waals surface area contributed by atoms with Gasteiger partial charge in [-0.3, -0.25) is 4.67 Å². The molecule has 7 heavy (non-hydrogen) atoms. The molecule has 42 valence electrons. The zero-order chi connectivity index (χ0) is 5.49. The van der Waals surface area contributed by atoms with Gasteiger partial charge in [-0.1, -0.05) is 0 Å². The summed E-state index contributed by atoms with van der Waals surface area (Å²) in [4.78, 5) is 0. The Morgan fingerprint density at radius 3 is 1.86 bits per heavy atom. The zero-order valence-corrected chi connectivity index (χ0v) is 5.61. The number of rotatable bonds is 1. The lowest BCUT2D eigenvalue weighted by Gasteiger charge is -2.03. The summed E-state index contributed by atoms with van der Waals surface area (Å²) in [5.41, 5.74) is 0. The van der Waals surface area contributed by atoms with Crippen molar-refractivity contribution in [2.45, 2.75) is 0 Å². The monoisotopic (exact) mass is 119 g/mol. The highest BCUT2D eigenvalue weighted by molar-refractivity contribution is 7.60. The summed E-state index contributed by atoms with van der Waals surface area (Å²) >= 11 is 0. The van der Waals surface area contributed by atoms with Gasteiger partial charge in [-0.25, -0.2) is 0 Å². The van der Waals surface area contributed by atoms with Gasteiger partial charge in [-0.15, -0.1) is 0 Å². The van der Waals surface area contributed by atoms with Crippen molar-refractivity contribution in [3.05, 3.63) is 0 Å². The van der Waals surface area contributed by atoms with Crippen LogP contribution < -0.4 is 0 Å². The van der Waals surface area contributed by atoms with Gasteiger partial charge >= 0.3 is 0 Å². The van der Waals surface area contributed by atoms with Crippen molar-refractivity contribution in [2.75, 3.05) is 26.4 Å². The third kappa shape index (κ3) is 1.29. The van der Waals surface area contributed by atoms with E-state index >= 15 is 0 Å². The maximum absolute atomic E-state index is 10.9. The van der Waals surface area contributed by atoms with E-state index in [4.69, 9.17) is 0 Å². The van der Waals surface area contributed by atoms with Gasteiger partial charge in [-0.05, 0) is 0 Å². The van der Waals surface area contributed by atoms with Crippen LogP contribution in [0.25, 0.3) is 0 Å². The van der Waals surface area contributed by atoms with Crippen molar-refractivity contribution in [3.8, 4) is 0 Å². The average Bonchev–Trinajstić information content (AvgIpc) is 1.99. The average molecular weight is 119 g/mol. The van der Waals surface area contributed by atoms with E-state index in [0.29, 0.717) is 0 Å². The maximum atomic E-state index is 10.9. The summed E-state index contributed by atoms with van der Waals surface area (Å²) in [5, 5.41) is 0. The van der Waals surface area contributed by atoms with E-state index in [9.17, 15) is 4.57 Å². The highest BCUT2D eigenvalue weighted by atomic mass is 31.2. The molecule has 1 fully saturated rings. The van der Waals surface area contributed by atoms with Gasteiger partial charge in [0, 0.05) is 26.4 Å². The van der Waals surface area contributed by atoms with E-state index in [1.807, 2.05) is 4.67 Å². The Morgan fingerprint density at radius 1 is 1.43 bits per heavy atom. The summed E-state index contributed by atoms with van der Waals surface area (Å²) in [6.45, 7) is 5.70. The largest absolute Gasteiger partial charge is 0.307 e. The molecule has 0 aliphatic carbocycles. The van der Waals surface area contributed by atoms with E-state index in [1.165, 1.54) is 0 Å². The fourth-order valence-electron chi connectivity index (χ4n) is 0.526. The first kappa shape index (κ1) is 5.33. The lowest BCUT2D eigenvalue weighted by Crippen LogP contribution is -1.87. The Hall–Kier alpha value is 0.190. The summed E-state index contributed by atoms with van der Waals surface area (Å²) in [6, 6.07) is 0. The molecule has 0 atom stereocenters. The molecule has 0 radical (unpaired) electrons. The van der Waals surface area contributed by atoms with Crippen molar-refractivity contribution in [2.24, 2.45) is 0 Å². The molecule has 0 aromatic rings. The van der Waals surface area contributed by atoms with Crippen molar-refractivity contribution >= 4 is 7.29 Å². The molecule has 1 saturated heterocycles. The lowest BCUT2D eigenvalue weighted by molar-refractivity contribution is 0.560. The van der Waals surface area contributed by atoms with Gasteiger partial charge < -0.3 is 4.57 Å². The Labute approximate surface area is 43.9 Å². The van der Waals surface area contributed by atoms with E-state index in [2.05, 4.69) is 0 Å². The highest BCUT2D eigenvalue weighted by Gasteiger charge is 2.28. The van der Waals surface area contributed by atoms with E-state index < -0.39 is 7.29 Å². The standard InChI is InChI=1S/C4H10NOP/c1-7(2,6)5-3-4-5/h3-4H2,1-2H3. The molecule has 0 aromatic carbocycles. The first-order valence-electron chi connectivity index (χ1n) is 2.41. The molecule has 1 aliphatic rings. The second-order valence-corrected chi connectivity index (χ2v) is 5.40. The van der Waals surface area contributed by atoms with E-state index in [-0.39, 0.29) is 0 Å². The number of hydrogen-bond donors (Lipinski definition) is 0. The fourth-order valence-corrected chi connectivity index (χ4v) is 1.58. The van der Waals surface area contributed by atoms with E-state index in [0.717, 1.165) is 13.1 Å². The van der Waals surface area contributed by atoms with Crippen molar-refractivity contribution < 1.29 is 4.57 Å². The minimum Gasteiger partial charge on any atom is -0.307 e. The summed E-state index contributed by atoms with van der Waals surface area (Å²) in [6.07, 6.45) is 0. The molecular weight excluding hydrogens is 109 g/mol. The van der Waals surface area contributed by atoms with Crippen LogP contribution in [0.4, 0.5) is 0 Å². The molecule has 0 saturated carbocycles. The molecule has 0 N–H and O–H groups in total. The Balaban J connectivity index is 2.52. The van der Waals surface area contributed by atoms with Crippen LogP contribution in [-0.4, -0.2) is 31.1 Å². The lowest BCUT2D eigenvalue weighted by atomic mass is 11.0. The van der Waals surface area contributed by atoms with Gasteiger partial charge in [0.05, 0.1) is 0 Å². The zero-order valence-electron chi connectivity index (χ0n) is 4.72. The molecule has 1 heterocycles. The maximum Gasteiger partial charge on any atom is 0.144 e.